The number of halogens is 1. The number of hydrogen-bond donors (Lipinski definition) is 0. The number of anilines is 1. The molecule has 0 spiro atoms. The van der Waals surface area contributed by atoms with Crippen LogP contribution in [0, 0.1) is 15.9 Å². The molecule has 2 bridgehead atoms. The molecule has 0 saturated carbocycles. The minimum absolute atomic E-state index is 0.0784. The maximum absolute atomic E-state index is 13.6. The van der Waals surface area contributed by atoms with E-state index in [1.54, 1.807) is 46.2 Å². The summed E-state index contributed by atoms with van der Waals surface area (Å²) < 4.78 is 13.2. The van der Waals surface area contributed by atoms with Gasteiger partial charge in [0, 0.05) is 18.0 Å². The van der Waals surface area contributed by atoms with E-state index in [2.05, 4.69) is 0 Å². The summed E-state index contributed by atoms with van der Waals surface area (Å²) in [7, 11) is 0. The lowest BCUT2D eigenvalue weighted by Gasteiger charge is -2.35. The molecule has 4 amide bonds. The lowest BCUT2D eigenvalue weighted by Crippen LogP contribution is -2.55. The number of nitro groups is 1. The Morgan fingerprint density at radius 1 is 1.03 bits per heavy atom. The van der Waals surface area contributed by atoms with Crippen LogP contribution < -0.4 is 4.90 Å². The highest BCUT2D eigenvalue weighted by atomic mass is 19.1. The normalized spacial score (nSPS) is 22.9. The number of piperazine rings is 1. The molecule has 3 atom stereocenters. The second kappa shape index (κ2) is 7.59. The van der Waals surface area contributed by atoms with Crippen molar-refractivity contribution in [2.24, 2.45) is 0 Å². The number of fused-ring (bicyclic) bond motifs is 6. The van der Waals surface area contributed by atoms with Gasteiger partial charge in [-0.05, 0) is 36.2 Å². The molecule has 2 unspecified atom stereocenters. The Hall–Kier alpha value is -4.34. The van der Waals surface area contributed by atoms with Crippen LogP contribution in [0.25, 0.3) is 10.8 Å². The van der Waals surface area contributed by atoms with Crippen molar-refractivity contribution in [3.05, 3.63) is 82.2 Å². The molecule has 35 heavy (non-hydrogen) atoms. The van der Waals surface area contributed by atoms with Crippen LogP contribution in [0.5, 0.6) is 0 Å². The molecule has 3 heterocycles. The minimum Gasteiger partial charge on any atom is -0.335 e. The Balaban J connectivity index is 1.31. The standard InChI is InChI=1S/C25H19FN4O5/c26-15-7-5-14(6-8-15)11-22(31)27-13-16-12-21(27)23-24(32)29(25(33)28(16)23)19-9-10-20(30(34)35)18-4-2-1-3-17(18)19/h1-10,16,21,23H,11-13H2/t16?,21?,23-/m1/s1. The summed E-state index contributed by atoms with van der Waals surface area (Å²) in [4.78, 5) is 55.3. The van der Waals surface area contributed by atoms with Crippen molar-refractivity contribution in [1.29, 1.82) is 0 Å². The van der Waals surface area contributed by atoms with Crippen molar-refractivity contribution in [3.8, 4) is 0 Å². The van der Waals surface area contributed by atoms with E-state index in [0.717, 1.165) is 4.90 Å². The van der Waals surface area contributed by atoms with Crippen LogP contribution in [0.15, 0.2) is 60.7 Å². The van der Waals surface area contributed by atoms with Crippen LogP contribution in [-0.2, 0) is 16.0 Å². The zero-order valence-electron chi connectivity index (χ0n) is 18.3. The number of nitrogens with zero attached hydrogens (tertiary/aromatic N) is 4. The molecule has 0 radical (unpaired) electrons. The molecule has 3 fully saturated rings. The number of hydrogen-bond acceptors (Lipinski definition) is 5. The predicted octanol–water partition coefficient (Wildman–Crippen LogP) is 3.25. The average Bonchev–Trinajstić information content (AvgIpc) is 3.51. The van der Waals surface area contributed by atoms with Gasteiger partial charge in [-0.15, -0.1) is 0 Å². The van der Waals surface area contributed by atoms with Gasteiger partial charge in [0.05, 0.1) is 34.5 Å². The number of urea groups is 1. The number of carbonyl (C=O) groups excluding carboxylic acids is 3. The first-order chi connectivity index (χ1) is 16.8. The SMILES string of the molecule is O=C1[C@H]2C3CC(CN3C(=O)Cc3ccc(F)cc3)N2C(=O)N1c1ccc([N+](=O)[O-])c2ccccc12. The fraction of sp³-hybridized carbons (Fsp3) is 0.240. The van der Waals surface area contributed by atoms with Gasteiger partial charge >= 0.3 is 6.03 Å². The van der Waals surface area contributed by atoms with Crippen molar-refractivity contribution < 1.29 is 23.7 Å². The topological polar surface area (TPSA) is 104 Å². The van der Waals surface area contributed by atoms with E-state index in [9.17, 15) is 28.9 Å². The van der Waals surface area contributed by atoms with Crippen LogP contribution in [0.4, 0.5) is 20.6 Å². The highest BCUT2D eigenvalue weighted by Gasteiger charge is 2.62. The molecular formula is C25H19FN4O5. The predicted molar refractivity (Wildman–Crippen MR) is 123 cm³/mol. The number of rotatable bonds is 4. The third-order valence-corrected chi connectivity index (χ3v) is 7.17. The van der Waals surface area contributed by atoms with E-state index in [4.69, 9.17) is 0 Å². The van der Waals surface area contributed by atoms with E-state index >= 15 is 0 Å². The summed E-state index contributed by atoms with van der Waals surface area (Å²) in [5.41, 5.74) is 0.851. The third kappa shape index (κ3) is 3.09. The Morgan fingerprint density at radius 3 is 2.46 bits per heavy atom. The van der Waals surface area contributed by atoms with Crippen LogP contribution >= 0.6 is 0 Å². The number of non-ortho nitro benzene ring substituents is 1. The van der Waals surface area contributed by atoms with Crippen LogP contribution in [0.2, 0.25) is 0 Å². The van der Waals surface area contributed by atoms with E-state index in [1.165, 1.54) is 24.3 Å². The third-order valence-electron chi connectivity index (χ3n) is 7.17. The van der Waals surface area contributed by atoms with Crippen molar-refractivity contribution in [2.45, 2.75) is 31.0 Å². The largest absolute Gasteiger partial charge is 0.335 e. The number of imide groups is 1. The van der Waals surface area contributed by atoms with E-state index in [0.29, 0.717) is 35.0 Å². The van der Waals surface area contributed by atoms with Gasteiger partial charge in [-0.2, -0.15) is 0 Å². The summed E-state index contributed by atoms with van der Waals surface area (Å²) in [5.74, 6) is -1.00. The van der Waals surface area contributed by atoms with Crippen molar-refractivity contribution in [2.75, 3.05) is 11.4 Å². The smallest absolute Gasteiger partial charge is 0.332 e. The lowest BCUT2D eigenvalue weighted by atomic mass is 10.0. The Kier molecular flexibility index (Phi) is 4.60. The van der Waals surface area contributed by atoms with Gasteiger partial charge in [0.25, 0.3) is 11.6 Å². The zero-order valence-corrected chi connectivity index (χ0v) is 18.3. The second-order valence-corrected chi connectivity index (χ2v) is 9.02. The first-order valence-corrected chi connectivity index (χ1v) is 11.2. The van der Waals surface area contributed by atoms with Crippen molar-refractivity contribution in [3.63, 3.8) is 0 Å². The highest BCUT2D eigenvalue weighted by Crippen LogP contribution is 2.44. The Labute approximate surface area is 198 Å². The van der Waals surface area contributed by atoms with Crippen molar-refractivity contribution >= 4 is 40.0 Å². The van der Waals surface area contributed by atoms with Gasteiger partial charge < -0.3 is 9.80 Å². The van der Waals surface area contributed by atoms with E-state index < -0.39 is 28.9 Å². The molecule has 9 nitrogen and oxygen atoms in total. The zero-order chi connectivity index (χ0) is 24.4. The summed E-state index contributed by atoms with van der Waals surface area (Å²) in [6.45, 7) is 0.328. The number of carbonyl (C=O) groups is 3. The number of amides is 4. The van der Waals surface area contributed by atoms with Gasteiger partial charge in [-0.25, -0.2) is 14.1 Å². The monoisotopic (exact) mass is 474 g/mol. The molecule has 3 saturated heterocycles. The molecule has 0 aromatic heterocycles. The molecule has 3 aliphatic rings. The Morgan fingerprint density at radius 2 is 1.74 bits per heavy atom. The fourth-order valence-electron chi connectivity index (χ4n) is 5.67. The van der Waals surface area contributed by atoms with Crippen LogP contribution in [-0.4, -0.2) is 57.2 Å². The molecule has 10 heteroatoms. The quantitative estimate of drug-likeness (QED) is 0.328. The minimum atomic E-state index is -0.799. The molecular weight excluding hydrogens is 455 g/mol. The Bertz CT molecular complexity index is 1430. The van der Waals surface area contributed by atoms with Crippen LogP contribution in [0.1, 0.15) is 12.0 Å². The molecule has 3 aromatic rings. The molecule has 3 aliphatic heterocycles. The van der Waals surface area contributed by atoms with Gasteiger partial charge in [0.1, 0.15) is 11.9 Å². The molecule has 176 valence electrons. The summed E-state index contributed by atoms with van der Waals surface area (Å²) >= 11 is 0. The molecule has 0 aliphatic carbocycles. The van der Waals surface area contributed by atoms with Gasteiger partial charge in [-0.1, -0.05) is 30.3 Å². The molecule has 3 aromatic carbocycles. The number of benzene rings is 3. The highest BCUT2D eigenvalue weighted by molar-refractivity contribution is 6.25. The molecule has 6 rings (SSSR count). The average molecular weight is 474 g/mol. The number of nitro benzene ring substituents is 1. The van der Waals surface area contributed by atoms with Gasteiger partial charge in [-0.3, -0.25) is 19.7 Å². The van der Waals surface area contributed by atoms with Crippen LogP contribution in [0.3, 0.4) is 0 Å². The van der Waals surface area contributed by atoms with Gasteiger partial charge in [0.15, 0.2) is 0 Å². The number of likely N-dealkylation sites (tertiary alicyclic amines) is 1. The first kappa shape index (κ1) is 21.2. The maximum atomic E-state index is 13.6. The maximum Gasteiger partial charge on any atom is 0.332 e. The van der Waals surface area contributed by atoms with Gasteiger partial charge in [0.2, 0.25) is 5.91 Å². The lowest BCUT2D eigenvalue weighted by molar-refractivity contribution is -0.383. The first-order valence-electron chi connectivity index (χ1n) is 11.2. The summed E-state index contributed by atoms with van der Waals surface area (Å²) in [6.07, 6.45) is 0.598. The summed E-state index contributed by atoms with van der Waals surface area (Å²) in [5, 5.41) is 12.2. The van der Waals surface area contributed by atoms with E-state index in [1.807, 2.05) is 0 Å². The van der Waals surface area contributed by atoms with E-state index in [-0.39, 0.29) is 29.9 Å². The van der Waals surface area contributed by atoms with Crippen molar-refractivity contribution in [1.82, 2.24) is 9.80 Å². The second-order valence-electron chi connectivity index (χ2n) is 9.02. The summed E-state index contributed by atoms with van der Waals surface area (Å²) in [6, 6.07) is 13.0. The fourth-order valence-corrected chi connectivity index (χ4v) is 5.67. The molecule has 0 N–H and O–H groups in total.